The van der Waals surface area contributed by atoms with Crippen LogP contribution < -0.4 is 20.7 Å². The van der Waals surface area contributed by atoms with Gasteiger partial charge in [-0.25, -0.2) is 0 Å². The molecule has 18 heavy (non-hydrogen) atoms. The van der Waals surface area contributed by atoms with Gasteiger partial charge in [0.15, 0.2) is 6.61 Å². The third-order valence-corrected chi connectivity index (χ3v) is 3.33. The molecular formula is C13H17N3O2. The van der Waals surface area contributed by atoms with E-state index >= 15 is 0 Å². The summed E-state index contributed by atoms with van der Waals surface area (Å²) in [5.74, 6) is 0.661. The maximum absolute atomic E-state index is 11.2. The first-order valence-electron chi connectivity index (χ1n) is 6.31. The lowest BCUT2D eigenvalue weighted by Gasteiger charge is -2.19. The van der Waals surface area contributed by atoms with Gasteiger partial charge in [0.1, 0.15) is 5.75 Å². The molecule has 3 rings (SSSR count). The van der Waals surface area contributed by atoms with Crippen LogP contribution in [0, 0.1) is 0 Å². The van der Waals surface area contributed by atoms with Gasteiger partial charge in [0.2, 0.25) is 0 Å². The van der Waals surface area contributed by atoms with Crippen LogP contribution in [-0.4, -0.2) is 31.6 Å². The van der Waals surface area contributed by atoms with Gasteiger partial charge in [-0.05, 0) is 30.7 Å². The number of nitrogens with one attached hydrogen (secondary N) is 3. The molecule has 1 aromatic carbocycles. The van der Waals surface area contributed by atoms with Crippen LogP contribution in [-0.2, 0) is 11.3 Å². The summed E-state index contributed by atoms with van der Waals surface area (Å²) in [7, 11) is 0. The lowest BCUT2D eigenvalue weighted by Crippen LogP contribution is -2.30. The highest BCUT2D eigenvalue weighted by molar-refractivity contribution is 5.95. The molecule has 1 saturated heterocycles. The lowest BCUT2D eigenvalue weighted by atomic mass is 10.1. The summed E-state index contributed by atoms with van der Waals surface area (Å²) in [6.07, 6.45) is 1.17. The fourth-order valence-corrected chi connectivity index (χ4v) is 2.33. The second kappa shape index (κ2) is 4.96. The number of hydrogen-bond donors (Lipinski definition) is 3. The van der Waals surface area contributed by atoms with Crippen molar-refractivity contribution in [2.24, 2.45) is 0 Å². The quantitative estimate of drug-likeness (QED) is 0.726. The molecule has 0 aliphatic carbocycles. The van der Waals surface area contributed by atoms with Crippen molar-refractivity contribution in [3.63, 3.8) is 0 Å². The molecular weight excluding hydrogens is 230 g/mol. The minimum Gasteiger partial charge on any atom is -0.482 e. The zero-order chi connectivity index (χ0) is 12.4. The van der Waals surface area contributed by atoms with Crippen molar-refractivity contribution >= 4 is 11.6 Å². The lowest BCUT2D eigenvalue weighted by molar-refractivity contribution is -0.118. The molecule has 0 aromatic heterocycles. The number of anilines is 1. The molecule has 2 aliphatic rings. The van der Waals surface area contributed by atoms with E-state index in [1.54, 1.807) is 0 Å². The zero-order valence-electron chi connectivity index (χ0n) is 10.2. The average molecular weight is 247 g/mol. The first-order chi connectivity index (χ1) is 8.81. The largest absolute Gasteiger partial charge is 0.482 e. The summed E-state index contributed by atoms with van der Waals surface area (Å²) < 4.78 is 5.33. The minimum atomic E-state index is -0.0902. The highest BCUT2D eigenvalue weighted by atomic mass is 16.5. The number of ether oxygens (including phenoxy) is 1. The Morgan fingerprint density at radius 1 is 1.44 bits per heavy atom. The van der Waals surface area contributed by atoms with E-state index < -0.39 is 0 Å². The molecule has 0 spiro atoms. The normalized spacial score (nSPS) is 22.2. The zero-order valence-corrected chi connectivity index (χ0v) is 10.2. The number of fused-ring (bicyclic) bond motifs is 1. The molecule has 1 atom stereocenters. The van der Waals surface area contributed by atoms with Crippen LogP contribution in [0.2, 0.25) is 0 Å². The van der Waals surface area contributed by atoms with Crippen LogP contribution in [0.5, 0.6) is 5.75 Å². The number of benzene rings is 1. The average Bonchev–Trinajstić information content (AvgIpc) is 2.89. The van der Waals surface area contributed by atoms with Crippen LogP contribution in [0.4, 0.5) is 5.69 Å². The van der Waals surface area contributed by atoms with E-state index in [-0.39, 0.29) is 12.5 Å². The molecule has 5 nitrogen and oxygen atoms in total. The standard InChI is InChI=1S/C13H17N3O2/c17-13-8-18-12-2-1-9(5-11(12)16-13)6-15-10-3-4-14-7-10/h1-2,5,10,14-15H,3-4,6-8H2,(H,16,17). The third kappa shape index (κ3) is 2.47. The summed E-state index contributed by atoms with van der Waals surface area (Å²) in [5, 5.41) is 9.65. The van der Waals surface area contributed by atoms with Crippen molar-refractivity contribution in [1.82, 2.24) is 10.6 Å². The van der Waals surface area contributed by atoms with Gasteiger partial charge < -0.3 is 20.7 Å². The monoisotopic (exact) mass is 247 g/mol. The van der Waals surface area contributed by atoms with E-state index in [0.717, 1.165) is 36.6 Å². The van der Waals surface area contributed by atoms with Gasteiger partial charge in [0.05, 0.1) is 5.69 Å². The molecule has 3 N–H and O–H groups in total. The van der Waals surface area contributed by atoms with Crippen LogP contribution in [0.1, 0.15) is 12.0 Å². The molecule has 0 radical (unpaired) electrons. The summed E-state index contributed by atoms with van der Waals surface area (Å²) in [6.45, 7) is 3.05. The summed E-state index contributed by atoms with van der Waals surface area (Å²) in [4.78, 5) is 11.2. The molecule has 5 heteroatoms. The van der Waals surface area contributed by atoms with Crippen molar-refractivity contribution in [3.8, 4) is 5.75 Å². The Kier molecular flexibility index (Phi) is 3.17. The second-order valence-electron chi connectivity index (χ2n) is 4.74. The Bertz CT molecular complexity index is 456. The van der Waals surface area contributed by atoms with E-state index in [0.29, 0.717) is 6.04 Å². The first-order valence-corrected chi connectivity index (χ1v) is 6.31. The van der Waals surface area contributed by atoms with Gasteiger partial charge in [-0.3, -0.25) is 4.79 Å². The predicted octanol–water partition coefficient (Wildman–Crippen LogP) is 0.469. The highest BCUT2D eigenvalue weighted by Crippen LogP contribution is 2.28. The number of amides is 1. The maximum atomic E-state index is 11.2. The molecule has 0 bridgehead atoms. The Hall–Kier alpha value is -1.59. The van der Waals surface area contributed by atoms with Crippen LogP contribution >= 0.6 is 0 Å². The summed E-state index contributed by atoms with van der Waals surface area (Å²) >= 11 is 0. The Morgan fingerprint density at radius 3 is 3.22 bits per heavy atom. The molecule has 2 heterocycles. The Morgan fingerprint density at radius 2 is 2.39 bits per heavy atom. The van der Waals surface area contributed by atoms with Crippen molar-refractivity contribution in [3.05, 3.63) is 23.8 Å². The van der Waals surface area contributed by atoms with Crippen molar-refractivity contribution in [2.75, 3.05) is 25.0 Å². The van der Waals surface area contributed by atoms with Crippen molar-refractivity contribution < 1.29 is 9.53 Å². The molecule has 1 unspecified atom stereocenters. The number of carbonyl (C=O) groups is 1. The minimum absolute atomic E-state index is 0.0902. The van der Waals surface area contributed by atoms with E-state index in [2.05, 4.69) is 16.0 Å². The smallest absolute Gasteiger partial charge is 0.262 e. The fourth-order valence-electron chi connectivity index (χ4n) is 2.33. The molecule has 0 saturated carbocycles. The van der Waals surface area contributed by atoms with Gasteiger partial charge in [0.25, 0.3) is 5.91 Å². The van der Waals surface area contributed by atoms with Crippen molar-refractivity contribution in [2.45, 2.75) is 19.0 Å². The topological polar surface area (TPSA) is 62.4 Å². The van der Waals surface area contributed by atoms with Crippen molar-refractivity contribution in [1.29, 1.82) is 0 Å². The molecule has 1 aromatic rings. The van der Waals surface area contributed by atoms with Crippen LogP contribution in [0.3, 0.4) is 0 Å². The van der Waals surface area contributed by atoms with E-state index in [9.17, 15) is 4.79 Å². The predicted molar refractivity (Wildman–Crippen MR) is 68.7 cm³/mol. The third-order valence-electron chi connectivity index (χ3n) is 3.33. The van der Waals surface area contributed by atoms with E-state index in [1.165, 1.54) is 6.42 Å². The molecule has 1 fully saturated rings. The van der Waals surface area contributed by atoms with Gasteiger partial charge >= 0.3 is 0 Å². The first kappa shape index (κ1) is 11.5. The number of hydrogen-bond acceptors (Lipinski definition) is 4. The van der Waals surface area contributed by atoms with E-state index in [4.69, 9.17) is 4.74 Å². The van der Waals surface area contributed by atoms with E-state index in [1.807, 2.05) is 18.2 Å². The second-order valence-corrected chi connectivity index (χ2v) is 4.74. The summed E-state index contributed by atoms with van der Waals surface area (Å²) in [6, 6.07) is 6.47. The van der Waals surface area contributed by atoms with Gasteiger partial charge in [-0.1, -0.05) is 6.07 Å². The molecule has 96 valence electrons. The van der Waals surface area contributed by atoms with Crippen LogP contribution in [0.25, 0.3) is 0 Å². The van der Waals surface area contributed by atoms with Gasteiger partial charge in [-0.15, -0.1) is 0 Å². The number of rotatable bonds is 3. The Labute approximate surface area is 106 Å². The van der Waals surface area contributed by atoms with Gasteiger partial charge in [-0.2, -0.15) is 0 Å². The molecule has 2 aliphatic heterocycles. The van der Waals surface area contributed by atoms with Crippen LogP contribution in [0.15, 0.2) is 18.2 Å². The maximum Gasteiger partial charge on any atom is 0.262 e. The number of carbonyl (C=O) groups excluding carboxylic acids is 1. The SMILES string of the molecule is O=C1COc2ccc(CNC3CCNC3)cc2N1. The molecule has 1 amide bonds. The fraction of sp³-hybridized carbons (Fsp3) is 0.462. The van der Waals surface area contributed by atoms with Gasteiger partial charge in [0, 0.05) is 19.1 Å². The Balaban J connectivity index is 1.65. The highest BCUT2D eigenvalue weighted by Gasteiger charge is 2.17. The summed E-state index contributed by atoms with van der Waals surface area (Å²) in [5.41, 5.74) is 1.93.